The Hall–Kier alpha value is -1.83. The summed E-state index contributed by atoms with van der Waals surface area (Å²) in [5.41, 5.74) is 3.24. The highest BCUT2D eigenvalue weighted by molar-refractivity contribution is 5.76. The normalized spacial score (nSPS) is 22.2. The number of rotatable bonds is 3. The Morgan fingerprint density at radius 3 is 2.74 bits per heavy atom. The van der Waals surface area contributed by atoms with Crippen LogP contribution >= 0.6 is 0 Å². The molecular formula is C15H20F3N3O2. The van der Waals surface area contributed by atoms with Crippen molar-refractivity contribution in [2.45, 2.75) is 38.5 Å². The summed E-state index contributed by atoms with van der Waals surface area (Å²) < 4.78 is 39.1. The monoisotopic (exact) mass is 331 g/mol. The fraction of sp³-hybridized carbons (Fsp3) is 0.600. The van der Waals surface area contributed by atoms with Crippen molar-refractivity contribution in [1.29, 1.82) is 0 Å². The highest BCUT2D eigenvalue weighted by Crippen LogP contribution is 2.26. The van der Waals surface area contributed by atoms with Gasteiger partial charge in [-0.05, 0) is 30.9 Å². The predicted molar refractivity (Wildman–Crippen MR) is 78.7 cm³/mol. The summed E-state index contributed by atoms with van der Waals surface area (Å²) in [6.07, 6.45) is -1.76. The Bertz CT molecular complexity index is 627. The summed E-state index contributed by atoms with van der Waals surface area (Å²) in [5, 5.41) is 0. The maximum Gasteiger partial charge on any atom is 0.421 e. The number of aromatic nitrogens is 1. The lowest BCUT2D eigenvalue weighted by molar-refractivity contribution is -0.140. The average Bonchev–Trinajstić information content (AvgIpc) is 2.47. The van der Waals surface area contributed by atoms with Gasteiger partial charge in [-0.15, -0.1) is 0 Å². The Morgan fingerprint density at radius 2 is 2.13 bits per heavy atom. The van der Waals surface area contributed by atoms with Crippen molar-refractivity contribution in [2.24, 2.45) is 11.7 Å². The topological polar surface area (TPSA) is 68.3 Å². The fourth-order valence-electron chi connectivity index (χ4n) is 3.03. The van der Waals surface area contributed by atoms with E-state index in [4.69, 9.17) is 5.73 Å². The lowest BCUT2D eigenvalue weighted by atomic mass is 9.91. The van der Waals surface area contributed by atoms with E-state index in [1.807, 2.05) is 6.92 Å². The first-order valence-electron chi connectivity index (χ1n) is 7.52. The van der Waals surface area contributed by atoms with Crippen LogP contribution in [0, 0.1) is 5.92 Å². The van der Waals surface area contributed by atoms with E-state index in [9.17, 15) is 22.8 Å². The maximum absolute atomic E-state index is 12.8. The smallest absolute Gasteiger partial charge is 0.337 e. The Balaban J connectivity index is 2.22. The van der Waals surface area contributed by atoms with Crippen LogP contribution in [0.15, 0.2) is 23.1 Å². The second-order valence-electron chi connectivity index (χ2n) is 5.86. The van der Waals surface area contributed by atoms with Gasteiger partial charge in [0.05, 0.1) is 0 Å². The molecule has 5 nitrogen and oxygen atoms in total. The molecule has 0 saturated carbocycles. The number of piperidine rings is 1. The molecule has 8 heteroatoms. The molecule has 23 heavy (non-hydrogen) atoms. The number of halogens is 3. The summed E-state index contributed by atoms with van der Waals surface area (Å²) in [6.45, 7) is 2.39. The first-order valence-corrected chi connectivity index (χ1v) is 7.52. The summed E-state index contributed by atoms with van der Waals surface area (Å²) in [4.78, 5) is 25.9. The number of hydrogen-bond donors (Lipinski definition) is 1. The third-order valence-corrected chi connectivity index (χ3v) is 4.31. The molecular weight excluding hydrogens is 311 g/mol. The van der Waals surface area contributed by atoms with Crippen LogP contribution in [0.4, 0.5) is 13.2 Å². The number of amides is 1. The summed E-state index contributed by atoms with van der Waals surface area (Å²) in [7, 11) is 0. The van der Waals surface area contributed by atoms with Gasteiger partial charge >= 0.3 is 6.18 Å². The van der Waals surface area contributed by atoms with Crippen LogP contribution in [-0.2, 0) is 17.5 Å². The number of hydrogen-bond acceptors (Lipinski definition) is 3. The van der Waals surface area contributed by atoms with Crippen molar-refractivity contribution < 1.29 is 18.0 Å². The quantitative estimate of drug-likeness (QED) is 0.911. The van der Waals surface area contributed by atoms with Gasteiger partial charge in [-0.1, -0.05) is 6.92 Å². The first-order chi connectivity index (χ1) is 10.8. The van der Waals surface area contributed by atoms with E-state index >= 15 is 0 Å². The summed E-state index contributed by atoms with van der Waals surface area (Å²) in [5.74, 6) is -0.149. The van der Waals surface area contributed by atoms with E-state index in [0.717, 1.165) is 29.5 Å². The molecule has 0 bridgehead atoms. The first kappa shape index (κ1) is 17.5. The number of nitrogens with zero attached hydrogens (tertiary/aromatic N) is 2. The van der Waals surface area contributed by atoms with E-state index in [2.05, 4.69) is 0 Å². The third-order valence-electron chi connectivity index (χ3n) is 4.31. The highest BCUT2D eigenvalue weighted by Gasteiger charge is 2.35. The van der Waals surface area contributed by atoms with Crippen LogP contribution < -0.4 is 11.3 Å². The van der Waals surface area contributed by atoms with Gasteiger partial charge in [-0.3, -0.25) is 9.59 Å². The van der Waals surface area contributed by atoms with Crippen molar-refractivity contribution in [3.8, 4) is 0 Å². The van der Waals surface area contributed by atoms with E-state index < -0.39 is 23.8 Å². The molecule has 1 fully saturated rings. The predicted octanol–water partition coefficient (Wildman–Crippen LogP) is 1.45. The minimum absolute atomic E-state index is 0.141. The van der Waals surface area contributed by atoms with Gasteiger partial charge < -0.3 is 15.2 Å². The van der Waals surface area contributed by atoms with Crippen molar-refractivity contribution in [1.82, 2.24) is 9.47 Å². The van der Waals surface area contributed by atoms with E-state index in [1.54, 1.807) is 4.90 Å². The van der Waals surface area contributed by atoms with Crippen LogP contribution in [-0.4, -0.2) is 34.5 Å². The molecule has 1 aliphatic rings. The fourth-order valence-corrected chi connectivity index (χ4v) is 3.03. The molecule has 1 saturated heterocycles. The molecule has 1 amide bonds. The van der Waals surface area contributed by atoms with E-state index in [0.29, 0.717) is 13.1 Å². The van der Waals surface area contributed by atoms with Crippen LogP contribution in [0.25, 0.3) is 0 Å². The maximum atomic E-state index is 12.8. The zero-order valence-corrected chi connectivity index (χ0v) is 12.8. The lowest BCUT2D eigenvalue weighted by Crippen LogP contribution is -2.52. The van der Waals surface area contributed by atoms with Crippen LogP contribution in [0.2, 0.25) is 0 Å². The molecule has 2 rings (SSSR count). The average molecular weight is 331 g/mol. The standard InChI is InChI=1S/C15H20F3N3O2/c1-10-4-2-7-21(12(10)8-19)13(22)9-20-6-3-5-11(14(20)23)15(16,17)18/h3,5-6,10,12H,2,4,7-9,19H2,1H3/t10-,12+/m0/s1. The summed E-state index contributed by atoms with van der Waals surface area (Å²) >= 11 is 0. The van der Waals surface area contributed by atoms with Crippen molar-refractivity contribution >= 4 is 5.91 Å². The number of likely N-dealkylation sites (tertiary alicyclic amines) is 1. The second kappa shape index (κ2) is 6.74. The molecule has 2 atom stereocenters. The molecule has 0 unspecified atom stereocenters. The van der Waals surface area contributed by atoms with Gasteiger partial charge in [0.25, 0.3) is 5.56 Å². The highest BCUT2D eigenvalue weighted by atomic mass is 19.4. The number of pyridine rings is 1. The zero-order chi connectivity index (χ0) is 17.2. The molecule has 2 N–H and O–H groups in total. The van der Waals surface area contributed by atoms with Crippen molar-refractivity contribution in [2.75, 3.05) is 13.1 Å². The SMILES string of the molecule is C[C@H]1CCCN(C(=O)Cn2cccc(C(F)(F)F)c2=O)[C@@H]1CN. The molecule has 0 aliphatic carbocycles. The second-order valence-corrected chi connectivity index (χ2v) is 5.86. The Kier molecular flexibility index (Phi) is 5.13. The molecule has 1 aromatic rings. The number of carbonyl (C=O) groups is 1. The number of carbonyl (C=O) groups excluding carboxylic acids is 1. The Labute approximate surface area is 131 Å². The number of alkyl halides is 3. The minimum Gasteiger partial charge on any atom is -0.337 e. The number of nitrogens with two attached hydrogens (primary N) is 1. The molecule has 2 heterocycles. The van der Waals surface area contributed by atoms with E-state index in [1.165, 1.54) is 6.20 Å². The molecule has 1 aromatic heterocycles. The largest absolute Gasteiger partial charge is 0.421 e. The van der Waals surface area contributed by atoms with Gasteiger partial charge in [-0.2, -0.15) is 13.2 Å². The third kappa shape index (κ3) is 3.74. The zero-order valence-electron chi connectivity index (χ0n) is 12.8. The van der Waals surface area contributed by atoms with Gasteiger partial charge in [0, 0.05) is 25.3 Å². The van der Waals surface area contributed by atoms with Crippen molar-refractivity contribution in [3.63, 3.8) is 0 Å². The Morgan fingerprint density at radius 1 is 1.43 bits per heavy atom. The van der Waals surface area contributed by atoms with Crippen LogP contribution in [0.1, 0.15) is 25.3 Å². The lowest BCUT2D eigenvalue weighted by Gasteiger charge is -2.39. The minimum atomic E-state index is -4.73. The van der Waals surface area contributed by atoms with Gasteiger partial charge in [0.1, 0.15) is 12.1 Å². The molecule has 0 spiro atoms. The molecule has 0 aromatic carbocycles. The molecule has 0 radical (unpaired) electrons. The van der Waals surface area contributed by atoms with Gasteiger partial charge in [-0.25, -0.2) is 0 Å². The molecule has 128 valence electrons. The summed E-state index contributed by atoms with van der Waals surface area (Å²) in [6, 6.07) is 1.70. The van der Waals surface area contributed by atoms with Crippen LogP contribution in [0.5, 0.6) is 0 Å². The van der Waals surface area contributed by atoms with Crippen molar-refractivity contribution in [3.05, 3.63) is 34.2 Å². The molecule has 1 aliphatic heterocycles. The van der Waals surface area contributed by atoms with E-state index in [-0.39, 0.29) is 17.9 Å². The van der Waals surface area contributed by atoms with Gasteiger partial charge in [0.2, 0.25) is 5.91 Å². The van der Waals surface area contributed by atoms with Crippen LogP contribution in [0.3, 0.4) is 0 Å². The van der Waals surface area contributed by atoms with Gasteiger partial charge in [0.15, 0.2) is 0 Å².